The maximum Gasteiger partial charge on any atom is 0.416 e. The van der Waals surface area contributed by atoms with Crippen LogP contribution in [0.3, 0.4) is 0 Å². The van der Waals surface area contributed by atoms with Crippen LogP contribution < -0.4 is 16.4 Å². The molecule has 1 aliphatic carbocycles. The van der Waals surface area contributed by atoms with E-state index in [0.29, 0.717) is 54.8 Å². The van der Waals surface area contributed by atoms with Crippen LogP contribution in [-0.4, -0.2) is 12.7 Å². The zero-order chi connectivity index (χ0) is 26.8. The average molecular weight is 527 g/mol. The van der Waals surface area contributed by atoms with Gasteiger partial charge in [0, 0.05) is 12.1 Å². The van der Waals surface area contributed by atoms with Crippen molar-refractivity contribution in [1.82, 2.24) is 0 Å². The van der Waals surface area contributed by atoms with Crippen LogP contribution in [0.5, 0.6) is 0 Å². The molecule has 37 heavy (non-hydrogen) atoms. The minimum atomic E-state index is -4.94. The number of ether oxygens (including phenoxy) is 1. The number of fused-ring (bicyclic) bond motifs is 1. The molecule has 3 aromatic rings. The van der Waals surface area contributed by atoms with E-state index in [0.717, 1.165) is 5.56 Å². The summed E-state index contributed by atoms with van der Waals surface area (Å²) in [5.41, 5.74) is 4.86. The van der Waals surface area contributed by atoms with Gasteiger partial charge in [0.2, 0.25) is 0 Å². The van der Waals surface area contributed by atoms with E-state index in [1.807, 2.05) is 0 Å². The summed E-state index contributed by atoms with van der Waals surface area (Å²) in [6.45, 7) is 0.0765. The Bertz CT molecular complexity index is 1220. The van der Waals surface area contributed by atoms with Crippen molar-refractivity contribution in [2.75, 3.05) is 23.0 Å². The first-order chi connectivity index (χ1) is 17.4. The molecule has 1 heterocycles. The Balaban J connectivity index is 1.50. The van der Waals surface area contributed by atoms with E-state index in [1.165, 1.54) is 6.26 Å². The maximum atomic E-state index is 13.2. The number of benzene rings is 2. The predicted octanol–water partition coefficient (Wildman–Crippen LogP) is 7.18. The number of rotatable bonds is 6. The first-order valence-corrected chi connectivity index (χ1v) is 11.3. The van der Waals surface area contributed by atoms with Gasteiger partial charge < -0.3 is 20.2 Å². The van der Waals surface area contributed by atoms with Gasteiger partial charge in [-0.15, -0.1) is 0 Å². The third-order valence-corrected chi connectivity index (χ3v) is 5.95. The molecule has 0 saturated carbocycles. The van der Waals surface area contributed by atoms with Gasteiger partial charge in [-0.2, -0.15) is 26.3 Å². The van der Waals surface area contributed by atoms with Crippen LogP contribution in [-0.2, 0) is 29.9 Å². The number of nitrogens with two attached hydrogens (primary N) is 1. The predicted molar refractivity (Wildman–Crippen MR) is 124 cm³/mol. The van der Waals surface area contributed by atoms with E-state index in [2.05, 4.69) is 10.6 Å². The number of carbonyl (C=O) groups excluding carboxylic acids is 1. The minimum Gasteiger partial charge on any atom is -0.469 e. The van der Waals surface area contributed by atoms with Gasteiger partial charge in [-0.25, -0.2) is 4.79 Å². The van der Waals surface area contributed by atoms with E-state index in [9.17, 15) is 31.1 Å². The van der Waals surface area contributed by atoms with Gasteiger partial charge in [-0.3, -0.25) is 5.32 Å². The normalized spacial score (nSPS) is 15.7. The molecule has 0 saturated heterocycles. The van der Waals surface area contributed by atoms with Crippen LogP contribution in [0.15, 0.2) is 53.1 Å². The van der Waals surface area contributed by atoms with Gasteiger partial charge in [-0.05, 0) is 72.9 Å². The molecule has 2 aromatic carbocycles. The molecule has 1 aliphatic rings. The second kappa shape index (κ2) is 10.3. The van der Waals surface area contributed by atoms with Crippen molar-refractivity contribution in [3.63, 3.8) is 0 Å². The molecule has 4 N–H and O–H groups in total. The summed E-state index contributed by atoms with van der Waals surface area (Å²) in [5, 5.41) is 5.38. The number of aryl methyl sites for hydroxylation is 1. The van der Waals surface area contributed by atoms with Gasteiger partial charge in [0.25, 0.3) is 0 Å². The molecule has 1 aromatic heterocycles. The number of nitrogens with one attached hydrogen (secondary N) is 2. The van der Waals surface area contributed by atoms with Gasteiger partial charge in [0.05, 0.1) is 34.8 Å². The standard InChI is InChI=1S/C25H23F6N3O3/c26-24(27,28)15-10-16(25(29,30)31)12-17(11-15)33-21-5-1-3-14-9-22(20(32)13-19(14)21)34-23(35)37-8-6-18-4-2-7-36-18/h2,4,7,9-13,21,33H,1,3,5-6,8,32H2,(H,34,35). The lowest BCUT2D eigenvalue weighted by atomic mass is 9.86. The molecule has 1 amide bonds. The lowest BCUT2D eigenvalue weighted by Crippen LogP contribution is -2.21. The molecule has 1 atom stereocenters. The summed E-state index contributed by atoms with van der Waals surface area (Å²) in [5.74, 6) is 0.655. The lowest BCUT2D eigenvalue weighted by molar-refractivity contribution is -0.143. The van der Waals surface area contributed by atoms with Crippen molar-refractivity contribution in [3.8, 4) is 0 Å². The molecule has 1 unspecified atom stereocenters. The number of furan rings is 1. The number of amides is 1. The van der Waals surface area contributed by atoms with Crippen molar-refractivity contribution in [3.05, 3.63) is 76.7 Å². The fourth-order valence-electron chi connectivity index (χ4n) is 4.21. The molecule has 0 bridgehead atoms. The molecule has 198 valence electrons. The fourth-order valence-corrected chi connectivity index (χ4v) is 4.21. The van der Waals surface area contributed by atoms with Crippen molar-refractivity contribution < 1.29 is 40.3 Å². The molecule has 0 aliphatic heterocycles. The van der Waals surface area contributed by atoms with Crippen LogP contribution in [0, 0.1) is 0 Å². The topological polar surface area (TPSA) is 89.5 Å². The Labute approximate surface area is 207 Å². The Hall–Kier alpha value is -3.83. The lowest BCUT2D eigenvalue weighted by Gasteiger charge is -2.29. The molecule has 0 radical (unpaired) electrons. The van der Waals surface area contributed by atoms with E-state index in [-0.39, 0.29) is 24.0 Å². The third kappa shape index (κ3) is 6.49. The second-order valence-electron chi connectivity index (χ2n) is 8.61. The highest BCUT2D eigenvalue weighted by Crippen LogP contribution is 2.40. The molecule has 0 fully saturated rings. The SMILES string of the molecule is Nc1cc2c(cc1NC(=O)OCCc1ccco1)CCCC2Nc1cc(C(F)(F)F)cc(C(F)(F)F)c1. The van der Waals surface area contributed by atoms with Gasteiger partial charge in [0.1, 0.15) is 12.4 Å². The van der Waals surface area contributed by atoms with Gasteiger partial charge in [0.15, 0.2) is 0 Å². The molecule has 6 nitrogen and oxygen atoms in total. The van der Waals surface area contributed by atoms with E-state index in [4.69, 9.17) is 14.9 Å². The molecular weight excluding hydrogens is 504 g/mol. The summed E-state index contributed by atoms with van der Waals surface area (Å²) in [4.78, 5) is 12.2. The smallest absolute Gasteiger partial charge is 0.416 e. The van der Waals surface area contributed by atoms with Crippen LogP contribution in [0.1, 0.15) is 46.9 Å². The Kier molecular flexibility index (Phi) is 7.28. The summed E-state index contributed by atoms with van der Waals surface area (Å²) in [7, 11) is 0. The highest BCUT2D eigenvalue weighted by Gasteiger charge is 2.37. The van der Waals surface area contributed by atoms with E-state index in [1.54, 1.807) is 24.3 Å². The second-order valence-corrected chi connectivity index (χ2v) is 8.61. The van der Waals surface area contributed by atoms with Gasteiger partial charge in [-0.1, -0.05) is 0 Å². The van der Waals surface area contributed by atoms with Crippen molar-refractivity contribution >= 4 is 23.2 Å². The zero-order valence-electron chi connectivity index (χ0n) is 19.3. The van der Waals surface area contributed by atoms with E-state index >= 15 is 0 Å². The molecule has 0 spiro atoms. The monoisotopic (exact) mass is 527 g/mol. The number of hydrogen-bond donors (Lipinski definition) is 3. The minimum absolute atomic E-state index is 0.0765. The number of halogens is 6. The van der Waals surface area contributed by atoms with Gasteiger partial charge >= 0.3 is 18.4 Å². The summed E-state index contributed by atoms with van der Waals surface area (Å²) in [6, 6.07) is 7.48. The van der Waals surface area contributed by atoms with Crippen LogP contribution in [0.4, 0.5) is 48.2 Å². The Morgan fingerprint density at radius 1 is 1.05 bits per heavy atom. The number of anilines is 3. The third-order valence-electron chi connectivity index (χ3n) is 5.95. The number of hydrogen-bond acceptors (Lipinski definition) is 5. The quantitative estimate of drug-likeness (QED) is 0.233. The highest BCUT2D eigenvalue weighted by atomic mass is 19.4. The summed E-state index contributed by atoms with van der Waals surface area (Å²) >= 11 is 0. The highest BCUT2D eigenvalue weighted by molar-refractivity contribution is 5.89. The van der Waals surface area contributed by atoms with E-state index < -0.39 is 35.6 Å². The number of nitrogen functional groups attached to an aromatic ring is 1. The molecule has 4 rings (SSSR count). The zero-order valence-corrected chi connectivity index (χ0v) is 19.3. The molecule has 12 heteroatoms. The van der Waals surface area contributed by atoms with Crippen LogP contribution >= 0.6 is 0 Å². The summed E-state index contributed by atoms with van der Waals surface area (Å²) in [6.07, 6.45) is -7.05. The van der Waals surface area contributed by atoms with Crippen molar-refractivity contribution in [1.29, 1.82) is 0 Å². The summed E-state index contributed by atoms with van der Waals surface area (Å²) < 4.78 is 89.8. The van der Waals surface area contributed by atoms with Crippen molar-refractivity contribution in [2.45, 2.75) is 44.1 Å². The maximum absolute atomic E-state index is 13.2. The number of carbonyl (C=O) groups is 1. The largest absolute Gasteiger partial charge is 0.469 e. The number of alkyl halides is 6. The molecular formula is C25H23F6N3O3. The van der Waals surface area contributed by atoms with Crippen molar-refractivity contribution in [2.24, 2.45) is 0 Å². The fraction of sp³-hybridized carbons (Fsp3) is 0.320. The first kappa shape index (κ1) is 26.2. The first-order valence-electron chi connectivity index (χ1n) is 11.3. The average Bonchev–Trinajstić information content (AvgIpc) is 3.32. The van der Waals surface area contributed by atoms with Crippen LogP contribution in [0.25, 0.3) is 0 Å². The Morgan fingerprint density at radius 3 is 2.38 bits per heavy atom. The Morgan fingerprint density at radius 2 is 1.76 bits per heavy atom. The van der Waals surface area contributed by atoms with Crippen LogP contribution in [0.2, 0.25) is 0 Å².